The number of amides is 1. The molecule has 0 aliphatic rings. The van der Waals surface area contributed by atoms with Crippen molar-refractivity contribution in [3.63, 3.8) is 0 Å². The molecule has 1 amide bonds. The number of carbonyl (C=O) groups excluding carboxylic acids is 1. The lowest BCUT2D eigenvalue weighted by atomic mass is 10.1. The Bertz CT molecular complexity index is 1090. The Labute approximate surface area is 191 Å². The van der Waals surface area contributed by atoms with Crippen molar-refractivity contribution in [2.45, 2.75) is 0 Å². The van der Waals surface area contributed by atoms with Crippen LogP contribution >= 0.6 is 39.5 Å². The highest BCUT2D eigenvalue weighted by Crippen LogP contribution is 2.33. The summed E-state index contributed by atoms with van der Waals surface area (Å²) in [6.45, 7) is 0. The van der Waals surface area contributed by atoms with Gasteiger partial charge < -0.3 is 19.5 Å². The monoisotopic (exact) mass is 507 g/mol. The van der Waals surface area contributed by atoms with E-state index >= 15 is 0 Å². The normalized spacial score (nSPS) is 10.3. The molecule has 156 valence electrons. The predicted molar refractivity (Wildman–Crippen MR) is 125 cm³/mol. The molecule has 2 N–H and O–H groups in total. The quantitative estimate of drug-likeness (QED) is 0.466. The maximum Gasteiger partial charge on any atom is 0.261 e. The molecule has 0 fully saturated rings. The van der Waals surface area contributed by atoms with Gasteiger partial charge in [-0.2, -0.15) is 0 Å². The topological polar surface area (TPSA) is 81.7 Å². The lowest BCUT2D eigenvalue weighted by Crippen LogP contribution is -2.34. The largest absolute Gasteiger partial charge is 0.496 e. The third-order valence-electron chi connectivity index (χ3n) is 4.04. The third-order valence-corrected chi connectivity index (χ3v) is 5.49. The molecule has 0 spiro atoms. The summed E-state index contributed by atoms with van der Waals surface area (Å²) < 4.78 is 16.6. The van der Waals surface area contributed by atoms with Crippen molar-refractivity contribution in [3.8, 4) is 28.5 Å². The van der Waals surface area contributed by atoms with Crippen molar-refractivity contribution >= 4 is 55.6 Å². The van der Waals surface area contributed by atoms with E-state index in [0.717, 1.165) is 15.7 Å². The van der Waals surface area contributed by atoms with Gasteiger partial charge in [0.25, 0.3) is 5.91 Å². The van der Waals surface area contributed by atoms with Gasteiger partial charge >= 0.3 is 0 Å². The number of rotatable bonds is 6. The lowest BCUT2D eigenvalue weighted by Gasteiger charge is -2.11. The molecule has 0 saturated heterocycles. The van der Waals surface area contributed by atoms with E-state index in [1.54, 1.807) is 32.4 Å². The van der Waals surface area contributed by atoms with Gasteiger partial charge in [0.1, 0.15) is 5.75 Å². The summed E-state index contributed by atoms with van der Waals surface area (Å²) in [5.41, 5.74) is 1.97. The average molecular weight is 508 g/mol. The highest BCUT2D eigenvalue weighted by atomic mass is 79.9. The second-order valence-electron chi connectivity index (χ2n) is 5.86. The first-order valence-corrected chi connectivity index (χ1v) is 10.7. The van der Waals surface area contributed by atoms with Gasteiger partial charge in [0.15, 0.2) is 21.7 Å². The van der Waals surface area contributed by atoms with Crippen LogP contribution in [0.5, 0.6) is 17.2 Å². The van der Waals surface area contributed by atoms with Gasteiger partial charge in [0.2, 0.25) is 0 Å². The zero-order chi connectivity index (χ0) is 21.7. The number of thiazole rings is 1. The molecule has 0 saturated carbocycles. The fourth-order valence-corrected chi connectivity index (χ4v) is 3.95. The van der Waals surface area contributed by atoms with Crippen molar-refractivity contribution in [3.05, 3.63) is 51.8 Å². The first-order chi connectivity index (χ1) is 14.4. The smallest absolute Gasteiger partial charge is 0.261 e. The minimum Gasteiger partial charge on any atom is -0.496 e. The molecule has 2 aromatic carbocycles. The van der Waals surface area contributed by atoms with Gasteiger partial charge in [-0.05, 0) is 48.6 Å². The zero-order valence-corrected chi connectivity index (χ0v) is 19.5. The van der Waals surface area contributed by atoms with E-state index in [2.05, 4.69) is 31.5 Å². The Morgan fingerprint density at radius 3 is 2.43 bits per heavy atom. The maximum atomic E-state index is 12.6. The summed E-state index contributed by atoms with van der Waals surface area (Å²) >= 11 is 9.97. The van der Waals surface area contributed by atoms with E-state index in [9.17, 15) is 4.79 Å². The minimum atomic E-state index is -0.387. The molecule has 3 aromatic rings. The van der Waals surface area contributed by atoms with Crippen LogP contribution in [0.4, 0.5) is 5.13 Å². The number of halogens is 1. The number of methoxy groups -OCH3 is 3. The van der Waals surface area contributed by atoms with E-state index in [1.807, 2.05) is 23.6 Å². The molecule has 0 aliphatic heterocycles. The number of thiocarbonyl (C=S) groups is 1. The Balaban J connectivity index is 1.70. The third kappa shape index (κ3) is 5.07. The Morgan fingerprint density at radius 1 is 1.03 bits per heavy atom. The van der Waals surface area contributed by atoms with E-state index in [0.29, 0.717) is 27.9 Å². The van der Waals surface area contributed by atoms with Gasteiger partial charge in [-0.3, -0.25) is 10.1 Å². The standard InChI is InChI=1S/C20H18BrN3O4S2/c1-26-15-7-5-12(21)9-13(15)18(25)23-19(29)24-20-22-14(10-30-20)11-4-6-16(27-2)17(8-11)28-3/h4-10H,1-3H3,(H2,22,23,24,25,29). The average Bonchev–Trinajstić information content (AvgIpc) is 3.21. The summed E-state index contributed by atoms with van der Waals surface area (Å²) in [4.78, 5) is 17.1. The second kappa shape index (κ2) is 9.88. The number of nitrogens with zero attached hydrogens (tertiary/aromatic N) is 1. The number of benzene rings is 2. The fraction of sp³-hybridized carbons (Fsp3) is 0.150. The molecule has 0 bridgehead atoms. The van der Waals surface area contributed by atoms with E-state index < -0.39 is 0 Å². The second-order valence-corrected chi connectivity index (χ2v) is 8.04. The number of carbonyl (C=O) groups is 1. The molecule has 3 rings (SSSR count). The number of anilines is 1. The van der Waals surface area contributed by atoms with Crippen LogP contribution in [-0.4, -0.2) is 37.3 Å². The Morgan fingerprint density at radius 2 is 1.73 bits per heavy atom. The lowest BCUT2D eigenvalue weighted by molar-refractivity contribution is 0.0974. The van der Waals surface area contributed by atoms with Gasteiger partial charge in [-0.1, -0.05) is 15.9 Å². The number of aromatic nitrogens is 1. The van der Waals surface area contributed by atoms with Crippen LogP contribution in [0.3, 0.4) is 0 Å². The molecule has 7 nitrogen and oxygen atoms in total. The van der Waals surface area contributed by atoms with E-state index in [-0.39, 0.29) is 11.0 Å². The molecule has 0 aliphatic carbocycles. The van der Waals surface area contributed by atoms with Crippen molar-refractivity contribution in [2.75, 3.05) is 26.6 Å². The predicted octanol–water partition coefficient (Wildman–Crippen LogP) is 4.73. The summed E-state index contributed by atoms with van der Waals surface area (Å²) in [6.07, 6.45) is 0. The number of hydrogen-bond donors (Lipinski definition) is 2. The summed E-state index contributed by atoms with van der Waals surface area (Å²) in [5.74, 6) is 1.32. The number of hydrogen-bond acceptors (Lipinski definition) is 7. The molecular weight excluding hydrogens is 490 g/mol. The zero-order valence-electron chi connectivity index (χ0n) is 16.3. The van der Waals surface area contributed by atoms with Gasteiger partial charge in [-0.25, -0.2) is 4.98 Å². The molecule has 30 heavy (non-hydrogen) atoms. The summed E-state index contributed by atoms with van der Waals surface area (Å²) in [6, 6.07) is 10.7. The first kappa shape index (κ1) is 22.0. The van der Waals surface area contributed by atoms with Crippen LogP contribution in [0.25, 0.3) is 11.3 Å². The Kier molecular flexibility index (Phi) is 7.24. The highest BCUT2D eigenvalue weighted by molar-refractivity contribution is 9.10. The van der Waals surface area contributed by atoms with E-state index in [1.165, 1.54) is 18.4 Å². The molecule has 1 aromatic heterocycles. The van der Waals surface area contributed by atoms with Crippen LogP contribution < -0.4 is 24.8 Å². The molecule has 0 unspecified atom stereocenters. The van der Waals surface area contributed by atoms with Crippen molar-refractivity contribution in [1.29, 1.82) is 0 Å². The Hall–Kier alpha value is -2.69. The van der Waals surface area contributed by atoms with Crippen LogP contribution in [-0.2, 0) is 0 Å². The van der Waals surface area contributed by atoms with Crippen LogP contribution in [0.2, 0.25) is 0 Å². The molecular formula is C20H18BrN3O4S2. The van der Waals surface area contributed by atoms with Crippen molar-refractivity contribution < 1.29 is 19.0 Å². The highest BCUT2D eigenvalue weighted by Gasteiger charge is 2.15. The van der Waals surface area contributed by atoms with Crippen molar-refractivity contribution in [1.82, 2.24) is 10.3 Å². The molecule has 1 heterocycles. The number of nitrogens with one attached hydrogen (secondary N) is 2. The summed E-state index contributed by atoms with van der Waals surface area (Å²) in [7, 11) is 4.67. The van der Waals surface area contributed by atoms with E-state index in [4.69, 9.17) is 26.4 Å². The van der Waals surface area contributed by atoms with Crippen molar-refractivity contribution in [2.24, 2.45) is 0 Å². The first-order valence-electron chi connectivity index (χ1n) is 8.59. The van der Waals surface area contributed by atoms with Gasteiger partial charge in [0, 0.05) is 15.4 Å². The van der Waals surface area contributed by atoms with Crippen LogP contribution in [0, 0.1) is 0 Å². The molecule has 10 heteroatoms. The SMILES string of the molecule is COc1ccc(-c2csc(NC(=S)NC(=O)c3cc(Br)ccc3OC)n2)cc1OC. The fourth-order valence-electron chi connectivity index (χ4n) is 2.62. The number of ether oxygens (including phenoxy) is 3. The van der Waals surface area contributed by atoms with Crippen LogP contribution in [0.1, 0.15) is 10.4 Å². The van der Waals surface area contributed by atoms with Crippen LogP contribution in [0.15, 0.2) is 46.3 Å². The maximum absolute atomic E-state index is 12.6. The van der Waals surface area contributed by atoms with Gasteiger partial charge in [0.05, 0.1) is 32.6 Å². The molecule has 0 radical (unpaired) electrons. The summed E-state index contributed by atoms with van der Waals surface area (Å²) in [5, 5.41) is 8.14. The minimum absolute atomic E-state index is 0.134. The van der Waals surface area contributed by atoms with Gasteiger partial charge in [-0.15, -0.1) is 11.3 Å². The molecule has 0 atom stereocenters.